The van der Waals surface area contributed by atoms with Crippen LogP contribution >= 0.6 is 11.6 Å². The van der Waals surface area contributed by atoms with Crippen molar-refractivity contribution in [3.63, 3.8) is 0 Å². The zero-order valence-corrected chi connectivity index (χ0v) is 8.54. The molecule has 0 spiro atoms. The van der Waals surface area contributed by atoms with Crippen LogP contribution in [0.1, 0.15) is 0 Å². The van der Waals surface area contributed by atoms with E-state index >= 15 is 0 Å². The molecule has 2 N–H and O–H groups in total. The van der Waals surface area contributed by atoms with Gasteiger partial charge in [-0.3, -0.25) is 4.98 Å². The minimum Gasteiger partial charge on any atom is -0.382 e. The summed E-state index contributed by atoms with van der Waals surface area (Å²) >= 11 is 5.70. The van der Waals surface area contributed by atoms with E-state index in [0.717, 1.165) is 12.4 Å². The smallest absolute Gasteiger partial charge is 0.157 e. The lowest BCUT2D eigenvalue weighted by molar-refractivity contribution is 0.578. The van der Waals surface area contributed by atoms with Crippen LogP contribution in [0.25, 0.3) is 11.3 Å². The van der Waals surface area contributed by atoms with Crippen LogP contribution in [0.3, 0.4) is 0 Å². The predicted molar refractivity (Wildman–Crippen MR) is 54.6 cm³/mol. The molecule has 0 aliphatic heterocycles. The van der Waals surface area contributed by atoms with Crippen molar-refractivity contribution in [1.82, 2.24) is 15.0 Å². The number of anilines is 1. The molecule has 0 aliphatic rings. The Kier molecular flexibility index (Phi) is 2.66. The maximum atomic E-state index is 13.4. The van der Waals surface area contributed by atoms with Crippen LogP contribution in [0.15, 0.2) is 18.6 Å². The minimum absolute atomic E-state index is 0.0728. The molecule has 0 aromatic carbocycles. The fraction of sp³-hybridized carbons (Fsp3) is 0. The van der Waals surface area contributed by atoms with Gasteiger partial charge in [-0.2, -0.15) is 0 Å². The zero-order valence-electron chi connectivity index (χ0n) is 7.78. The molecule has 2 heterocycles. The largest absolute Gasteiger partial charge is 0.382 e. The van der Waals surface area contributed by atoms with Crippen molar-refractivity contribution < 1.29 is 8.78 Å². The van der Waals surface area contributed by atoms with E-state index in [-0.39, 0.29) is 22.2 Å². The summed E-state index contributed by atoms with van der Waals surface area (Å²) in [6, 6.07) is 0. The number of aromatic nitrogens is 3. The third-order valence-corrected chi connectivity index (χ3v) is 2.10. The Bertz CT molecular complexity index is 527. The fourth-order valence-electron chi connectivity index (χ4n) is 1.18. The lowest BCUT2D eigenvalue weighted by Crippen LogP contribution is -1.99. The van der Waals surface area contributed by atoms with E-state index in [4.69, 9.17) is 17.3 Å². The summed E-state index contributed by atoms with van der Waals surface area (Å²) in [5, 5.41) is -0.163. The van der Waals surface area contributed by atoms with Gasteiger partial charge < -0.3 is 5.73 Å². The summed E-state index contributed by atoms with van der Waals surface area (Å²) in [7, 11) is 0. The first-order valence-electron chi connectivity index (χ1n) is 4.17. The van der Waals surface area contributed by atoms with Crippen molar-refractivity contribution in [1.29, 1.82) is 0 Å². The molecule has 0 bridgehead atoms. The number of rotatable bonds is 1. The minimum atomic E-state index is -0.860. The monoisotopic (exact) mass is 242 g/mol. The Labute approximate surface area is 94.1 Å². The molecular formula is C9H5ClF2N4. The van der Waals surface area contributed by atoms with Gasteiger partial charge in [0.1, 0.15) is 11.5 Å². The molecule has 82 valence electrons. The predicted octanol–water partition coefficient (Wildman–Crippen LogP) is 2.05. The van der Waals surface area contributed by atoms with Crippen LogP contribution < -0.4 is 5.73 Å². The lowest BCUT2D eigenvalue weighted by atomic mass is 10.2. The highest BCUT2D eigenvalue weighted by Gasteiger charge is 2.17. The molecule has 0 unspecified atom stereocenters. The number of hydrogen-bond donors (Lipinski definition) is 1. The maximum absolute atomic E-state index is 13.4. The van der Waals surface area contributed by atoms with Gasteiger partial charge in [-0.15, -0.1) is 0 Å². The lowest BCUT2D eigenvalue weighted by Gasteiger charge is -2.05. The Morgan fingerprint density at radius 2 is 1.75 bits per heavy atom. The van der Waals surface area contributed by atoms with Crippen molar-refractivity contribution >= 4 is 17.4 Å². The average Bonchev–Trinajstić information content (AvgIpc) is 2.20. The molecule has 0 amide bonds. The number of nitrogens with zero attached hydrogens (tertiary/aromatic N) is 3. The molecule has 0 atom stereocenters. The van der Waals surface area contributed by atoms with Crippen LogP contribution in [0.4, 0.5) is 14.6 Å². The molecular weight excluding hydrogens is 238 g/mol. The van der Waals surface area contributed by atoms with E-state index < -0.39 is 11.6 Å². The summed E-state index contributed by atoms with van der Waals surface area (Å²) in [6.07, 6.45) is 2.90. The second kappa shape index (κ2) is 3.97. The number of hydrogen-bond acceptors (Lipinski definition) is 4. The van der Waals surface area contributed by atoms with Crippen molar-refractivity contribution in [3.8, 4) is 11.3 Å². The Morgan fingerprint density at radius 1 is 1.12 bits per heavy atom. The van der Waals surface area contributed by atoms with E-state index in [9.17, 15) is 8.78 Å². The molecule has 2 aromatic rings. The first-order valence-corrected chi connectivity index (χ1v) is 4.55. The van der Waals surface area contributed by atoms with Gasteiger partial charge in [0.25, 0.3) is 0 Å². The summed E-state index contributed by atoms with van der Waals surface area (Å²) in [5.74, 6) is -1.65. The first kappa shape index (κ1) is 10.7. The maximum Gasteiger partial charge on any atom is 0.157 e. The van der Waals surface area contributed by atoms with Gasteiger partial charge in [0.2, 0.25) is 0 Å². The third kappa shape index (κ3) is 1.79. The van der Waals surface area contributed by atoms with Crippen LogP contribution in [0.2, 0.25) is 5.15 Å². The van der Waals surface area contributed by atoms with Gasteiger partial charge in [0, 0.05) is 0 Å². The number of pyridine rings is 1. The standard InChI is InChI=1S/C9H5ClF2N4/c10-9-8(15-3-6(13)16-9)7-4(11)1-14-2-5(7)12/h1-3H,(H2,13,16). The van der Waals surface area contributed by atoms with Crippen LogP contribution in [-0.2, 0) is 0 Å². The first-order chi connectivity index (χ1) is 7.59. The van der Waals surface area contributed by atoms with E-state index in [1.807, 2.05) is 0 Å². The van der Waals surface area contributed by atoms with Gasteiger partial charge in [0.15, 0.2) is 16.8 Å². The van der Waals surface area contributed by atoms with Gasteiger partial charge in [-0.25, -0.2) is 18.7 Å². The topological polar surface area (TPSA) is 64.7 Å². The molecule has 0 saturated heterocycles. The van der Waals surface area contributed by atoms with E-state index in [1.165, 1.54) is 6.20 Å². The molecule has 2 aromatic heterocycles. The summed E-state index contributed by atoms with van der Waals surface area (Å²) in [6.45, 7) is 0. The summed E-state index contributed by atoms with van der Waals surface area (Å²) in [5.41, 5.74) is 4.85. The number of halogens is 3. The van der Waals surface area contributed by atoms with Gasteiger partial charge in [-0.05, 0) is 0 Å². The van der Waals surface area contributed by atoms with Crippen molar-refractivity contribution in [3.05, 3.63) is 35.4 Å². The normalized spacial score (nSPS) is 10.4. The van der Waals surface area contributed by atoms with Crippen LogP contribution in [0, 0.1) is 11.6 Å². The van der Waals surface area contributed by atoms with E-state index in [0.29, 0.717) is 0 Å². The highest BCUT2D eigenvalue weighted by Crippen LogP contribution is 2.28. The van der Waals surface area contributed by atoms with Gasteiger partial charge in [0.05, 0.1) is 24.2 Å². The molecule has 4 nitrogen and oxygen atoms in total. The second-order valence-corrected chi connectivity index (χ2v) is 3.27. The molecule has 0 fully saturated rings. The highest BCUT2D eigenvalue weighted by molar-refractivity contribution is 6.31. The summed E-state index contributed by atoms with van der Waals surface area (Å²) in [4.78, 5) is 10.8. The molecule has 16 heavy (non-hydrogen) atoms. The third-order valence-electron chi connectivity index (χ3n) is 1.84. The quantitative estimate of drug-likeness (QED) is 0.831. The summed E-state index contributed by atoms with van der Waals surface area (Å²) < 4.78 is 26.7. The fourth-order valence-corrected chi connectivity index (χ4v) is 1.43. The van der Waals surface area contributed by atoms with Crippen molar-refractivity contribution in [2.24, 2.45) is 0 Å². The SMILES string of the molecule is Nc1cnc(-c2c(F)cncc2F)c(Cl)n1. The molecule has 0 radical (unpaired) electrons. The van der Waals surface area contributed by atoms with Crippen LogP contribution in [0.5, 0.6) is 0 Å². The number of nitrogen functional groups attached to an aromatic ring is 1. The van der Waals surface area contributed by atoms with Gasteiger partial charge in [-0.1, -0.05) is 11.6 Å². The number of nitrogens with two attached hydrogens (primary N) is 1. The Morgan fingerprint density at radius 3 is 2.31 bits per heavy atom. The van der Waals surface area contributed by atoms with Gasteiger partial charge >= 0.3 is 0 Å². The molecule has 2 rings (SSSR count). The molecule has 0 aliphatic carbocycles. The van der Waals surface area contributed by atoms with Crippen LogP contribution in [-0.4, -0.2) is 15.0 Å². The zero-order chi connectivity index (χ0) is 11.7. The van der Waals surface area contributed by atoms with Crippen molar-refractivity contribution in [2.75, 3.05) is 5.73 Å². The van der Waals surface area contributed by atoms with E-state index in [1.54, 1.807) is 0 Å². The average molecular weight is 243 g/mol. The van der Waals surface area contributed by atoms with E-state index in [2.05, 4.69) is 15.0 Å². The highest BCUT2D eigenvalue weighted by atomic mass is 35.5. The Balaban J connectivity index is 2.68. The second-order valence-electron chi connectivity index (χ2n) is 2.91. The molecule has 7 heteroatoms. The Hall–Kier alpha value is -1.82. The molecule has 0 saturated carbocycles. The van der Waals surface area contributed by atoms with Crippen molar-refractivity contribution in [2.45, 2.75) is 0 Å².